The zero-order valence-corrected chi connectivity index (χ0v) is 11.8. The van der Waals surface area contributed by atoms with Gasteiger partial charge in [-0.1, -0.05) is 12.1 Å². The van der Waals surface area contributed by atoms with Crippen LogP contribution in [-0.4, -0.2) is 25.8 Å². The molecule has 1 N–H and O–H groups in total. The molecule has 1 rings (SSSR count). The summed E-state index contributed by atoms with van der Waals surface area (Å²) in [5, 5.41) is 3.49. The van der Waals surface area contributed by atoms with Crippen LogP contribution in [0.15, 0.2) is 24.3 Å². The maximum Gasteiger partial charge on any atom is 0.123 e. The van der Waals surface area contributed by atoms with Gasteiger partial charge in [0, 0.05) is 25.8 Å². The molecule has 3 heteroatoms. The molecule has 102 valence electrons. The monoisotopic (exact) mass is 253 g/mol. The minimum absolute atomic E-state index is 0.0886. The minimum Gasteiger partial charge on any atom is -0.385 e. The van der Waals surface area contributed by atoms with Gasteiger partial charge < -0.3 is 10.1 Å². The van der Waals surface area contributed by atoms with Gasteiger partial charge in [-0.2, -0.15) is 0 Å². The van der Waals surface area contributed by atoms with Crippen molar-refractivity contribution in [3.8, 4) is 0 Å². The molecule has 1 atom stereocenters. The molecule has 0 aromatic heterocycles. The number of nitrogens with one attached hydrogen (secondary N) is 1. The average Bonchev–Trinajstić information content (AvgIpc) is 2.29. The van der Waals surface area contributed by atoms with Crippen LogP contribution in [0.5, 0.6) is 0 Å². The van der Waals surface area contributed by atoms with Gasteiger partial charge in [-0.05, 0) is 50.8 Å². The Bertz CT molecular complexity index is 343. The van der Waals surface area contributed by atoms with Gasteiger partial charge in [0.2, 0.25) is 0 Å². The van der Waals surface area contributed by atoms with Crippen molar-refractivity contribution >= 4 is 0 Å². The molecule has 2 nitrogen and oxygen atoms in total. The Labute approximate surface area is 110 Å². The number of methoxy groups -OCH3 is 1. The molecule has 0 saturated heterocycles. The van der Waals surface area contributed by atoms with E-state index in [-0.39, 0.29) is 11.4 Å². The largest absolute Gasteiger partial charge is 0.385 e. The van der Waals surface area contributed by atoms with Gasteiger partial charge in [0.25, 0.3) is 0 Å². The summed E-state index contributed by atoms with van der Waals surface area (Å²) in [5.41, 5.74) is 1.25. The van der Waals surface area contributed by atoms with Crippen molar-refractivity contribution in [3.63, 3.8) is 0 Å². The lowest BCUT2D eigenvalue weighted by Gasteiger charge is -2.25. The lowest BCUT2D eigenvalue weighted by atomic mass is 9.94. The number of hydrogen-bond donors (Lipinski definition) is 1. The van der Waals surface area contributed by atoms with E-state index < -0.39 is 0 Å². The number of rotatable bonds is 6. The first-order chi connectivity index (χ1) is 8.42. The Balaban J connectivity index is 2.68. The van der Waals surface area contributed by atoms with Gasteiger partial charge in [-0.3, -0.25) is 0 Å². The number of benzene rings is 1. The van der Waals surface area contributed by atoms with E-state index in [1.807, 2.05) is 12.1 Å². The summed E-state index contributed by atoms with van der Waals surface area (Å²) in [6.45, 7) is 8.02. The molecule has 18 heavy (non-hydrogen) atoms. The summed E-state index contributed by atoms with van der Waals surface area (Å²) < 4.78 is 18.1. The van der Waals surface area contributed by atoms with E-state index in [0.29, 0.717) is 12.5 Å². The Hall–Kier alpha value is -0.930. The van der Waals surface area contributed by atoms with E-state index in [1.165, 1.54) is 12.1 Å². The zero-order valence-electron chi connectivity index (χ0n) is 11.8. The third-order valence-corrected chi connectivity index (χ3v) is 2.89. The Kier molecular flexibility index (Phi) is 5.76. The lowest BCUT2D eigenvalue weighted by Crippen LogP contribution is -2.38. The van der Waals surface area contributed by atoms with Crippen LogP contribution in [0.3, 0.4) is 0 Å². The first-order valence-electron chi connectivity index (χ1n) is 6.42. The fourth-order valence-corrected chi connectivity index (χ4v) is 1.81. The summed E-state index contributed by atoms with van der Waals surface area (Å²) in [4.78, 5) is 0. The van der Waals surface area contributed by atoms with Gasteiger partial charge in [0.1, 0.15) is 5.82 Å². The predicted molar refractivity (Wildman–Crippen MR) is 73.4 cm³/mol. The van der Waals surface area contributed by atoms with E-state index >= 15 is 0 Å². The van der Waals surface area contributed by atoms with Gasteiger partial charge in [0.05, 0.1) is 0 Å². The smallest absolute Gasteiger partial charge is 0.123 e. The highest BCUT2D eigenvalue weighted by Crippen LogP contribution is 2.20. The topological polar surface area (TPSA) is 21.3 Å². The van der Waals surface area contributed by atoms with Crippen molar-refractivity contribution in [2.75, 3.05) is 20.3 Å². The molecule has 0 aliphatic rings. The van der Waals surface area contributed by atoms with Crippen LogP contribution in [0.4, 0.5) is 4.39 Å². The molecule has 0 fully saturated rings. The molecule has 0 radical (unpaired) electrons. The third kappa shape index (κ3) is 5.61. The SMILES string of the molecule is COCCC(CNC(C)(C)C)c1ccc(F)cc1. The van der Waals surface area contributed by atoms with Crippen molar-refractivity contribution < 1.29 is 9.13 Å². The average molecular weight is 253 g/mol. The van der Waals surface area contributed by atoms with Crippen molar-refractivity contribution in [1.29, 1.82) is 0 Å². The molecular formula is C15H24FNO. The van der Waals surface area contributed by atoms with Crippen LogP contribution >= 0.6 is 0 Å². The number of hydrogen-bond acceptors (Lipinski definition) is 2. The highest BCUT2D eigenvalue weighted by atomic mass is 19.1. The van der Waals surface area contributed by atoms with Gasteiger partial charge in [-0.15, -0.1) is 0 Å². The first kappa shape index (κ1) is 15.1. The standard InChI is InChI=1S/C15H24FNO/c1-15(2,3)17-11-13(9-10-18-4)12-5-7-14(16)8-6-12/h5-8,13,17H,9-11H2,1-4H3. The van der Waals surface area contributed by atoms with Crippen molar-refractivity contribution in [2.24, 2.45) is 0 Å². The van der Waals surface area contributed by atoms with Gasteiger partial charge in [-0.25, -0.2) is 4.39 Å². The molecule has 1 unspecified atom stereocenters. The Morgan fingerprint density at radius 1 is 1.22 bits per heavy atom. The van der Waals surface area contributed by atoms with E-state index in [9.17, 15) is 4.39 Å². The summed E-state index contributed by atoms with van der Waals surface area (Å²) in [7, 11) is 1.71. The lowest BCUT2D eigenvalue weighted by molar-refractivity contribution is 0.185. The maximum atomic E-state index is 12.9. The fraction of sp³-hybridized carbons (Fsp3) is 0.600. The molecule has 0 spiro atoms. The highest BCUT2D eigenvalue weighted by molar-refractivity contribution is 5.21. The molecule has 1 aromatic rings. The zero-order chi connectivity index (χ0) is 13.6. The number of ether oxygens (including phenoxy) is 1. The summed E-state index contributed by atoms with van der Waals surface area (Å²) >= 11 is 0. The summed E-state index contributed by atoms with van der Waals surface area (Å²) in [6.07, 6.45) is 0.936. The van der Waals surface area contributed by atoms with Crippen molar-refractivity contribution in [2.45, 2.75) is 38.6 Å². The van der Waals surface area contributed by atoms with E-state index in [0.717, 1.165) is 18.5 Å². The minimum atomic E-state index is -0.187. The predicted octanol–water partition coefficient (Wildman–Crippen LogP) is 3.33. The van der Waals surface area contributed by atoms with Gasteiger partial charge >= 0.3 is 0 Å². The van der Waals surface area contributed by atoms with Crippen LogP contribution in [0.1, 0.15) is 38.7 Å². The van der Waals surface area contributed by atoms with Crippen LogP contribution in [0.25, 0.3) is 0 Å². The van der Waals surface area contributed by atoms with Gasteiger partial charge in [0.15, 0.2) is 0 Å². The first-order valence-corrected chi connectivity index (χ1v) is 6.42. The summed E-state index contributed by atoms with van der Waals surface area (Å²) in [6, 6.07) is 6.76. The van der Waals surface area contributed by atoms with Crippen LogP contribution in [0, 0.1) is 5.82 Å². The van der Waals surface area contributed by atoms with Crippen molar-refractivity contribution in [3.05, 3.63) is 35.6 Å². The molecule has 0 aliphatic carbocycles. The summed E-state index contributed by atoms with van der Waals surface area (Å²) in [5.74, 6) is 0.165. The van der Waals surface area contributed by atoms with Crippen LogP contribution in [0.2, 0.25) is 0 Å². The molecular weight excluding hydrogens is 229 g/mol. The second-order valence-electron chi connectivity index (χ2n) is 5.66. The Morgan fingerprint density at radius 2 is 1.83 bits per heavy atom. The molecule has 0 bridgehead atoms. The molecule has 0 amide bonds. The molecule has 0 saturated carbocycles. The molecule has 1 aromatic carbocycles. The van der Waals surface area contributed by atoms with Crippen LogP contribution in [-0.2, 0) is 4.74 Å². The third-order valence-electron chi connectivity index (χ3n) is 2.89. The Morgan fingerprint density at radius 3 is 2.33 bits per heavy atom. The van der Waals surface area contributed by atoms with E-state index in [1.54, 1.807) is 7.11 Å². The second kappa shape index (κ2) is 6.86. The van der Waals surface area contributed by atoms with Crippen molar-refractivity contribution in [1.82, 2.24) is 5.32 Å². The molecule has 0 aliphatic heterocycles. The number of halogens is 1. The highest BCUT2D eigenvalue weighted by Gasteiger charge is 2.15. The normalized spacial score (nSPS) is 13.6. The quantitative estimate of drug-likeness (QED) is 0.839. The molecule has 0 heterocycles. The second-order valence-corrected chi connectivity index (χ2v) is 5.66. The maximum absolute atomic E-state index is 12.9. The van der Waals surface area contributed by atoms with E-state index in [4.69, 9.17) is 4.74 Å². The fourth-order valence-electron chi connectivity index (χ4n) is 1.81. The van der Waals surface area contributed by atoms with Crippen LogP contribution < -0.4 is 5.32 Å². The van der Waals surface area contributed by atoms with E-state index in [2.05, 4.69) is 26.1 Å².